The van der Waals surface area contributed by atoms with Crippen molar-refractivity contribution in [3.05, 3.63) is 39.8 Å². The van der Waals surface area contributed by atoms with Crippen LogP contribution in [0.15, 0.2) is 18.2 Å². The fourth-order valence-corrected chi connectivity index (χ4v) is 4.08. The first kappa shape index (κ1) is 22.2. The number of carbonyl (C=O) groups is 2. The maximum atomic E-state index is 12.7. The molecule has 0 atom stereocenters. The first-order valence-electron chi connectivity index (χ1n) is 9.23. The van der Waals surface area contributed by atoms with Gasteiger partial charge in [0, 0.05) is 13.1 Å². The summed E-state index contributed by atoms with van der Waals surface area (Å²) in [6.45, 7) is 6.70. The summed E-state index contributed by atoms with van der Waals surface area (Å²) in [6.07, 6.45) is 0.0987. The van der Waals surface area contributed by atoms with Crippen molar-refractivity contribution in [3.8, 4) is 17.6 Å². The third-order valence-electron chi connectivity index (χ3n) is 4.57. The fraction of sp³-hybridized carbons (Fsp3) is 0.381. The van der Waals surface area contributed by atoms with Crippen LogP contribution < -0.4 is 14.8 Å². The quantitative estimate of drug-likeness (QED) is 0.711. The summed E-state index contributed by atoms with van der Waals surface area (Å²) >= 11 is 1.14. The lowest BCUT2D eigenvalue weighted by Crippen LogP contribution is -2.30. The molecule has 2 aromatic rings. The van der Waals surface area contributed by atoms with Gasteiger partial charge >= 0.3 is 0 Å². The molecule has 0 aliphatic rings. The van der Waals surface area contributed by atoms with Crippen LogP contribution in [0, 0.1) is 18.3 Å². The number of nitriles is 1. The summed E-state index contributed by atoms with van der Waals surface area (Å²) in [4.78, 5) is 27.4. The molecule has 0 radical (unpaired) electrons. The molecule has 1 aromatic carbocycles. The minimum atomic E-state index is -0.281. The van der Waals surface area contributed by atoms with Gasteiger partial charge in [-0.3, -0.25) is 9.59 Å². The Balaban J connectivity index is 2.23. The lowest BCUT2D eigenvalue weighted by molar-refractivity contribution is -0.115. The van der Waals surface area contributed by atoms with Crippen LogP contribution in [0.2, 0.25) is 0 Å². The summed E-state index contributed by atoms with van der Waals surface area (Å²) < 4.78 is 10.5. The minimum absolute atomic E-state index is 0.0987. The smallest absolute Gasteiger partial charge is 0.264 e. The molecular weight excluding hydrogens is 390 g/mol. The number of nitrogens with one attached hydrogen (secondary N) is 1. The van der Waals surface area contributed by atoms with Gasteiger partial charge in [0.1, 0.15) is 11.1 Å². The molecule has 0 saturated heterocycles. The van der Waals surface area contributed by atoms with Crippen molar-refractivity contribution in [3.63, 3.8) is 0 Å². The van der Waals surface area contributed by atoms with Crippen molar-refractivity contribution < 1.29 is 19.1 Å². The number of amides is 2. The molecule has 154 valence electrons. The predicted molar refractivity (Wildman–Crippen MR) is 113 cm³/mol. The molecule has 0 spiro atoms. The summed E-state index contributed by atoms with van der Waals surface area (Å²) in [5.74, 6) is 0.706. The maximum absolute atomic E-state index is 12.7. The van der Waals surface area contributed by atoms with E-state index >= 15 is 0 Å². The first-order valence-corrected chi connectivity index (χ1v) is 10.0. The number of hydrogen-bond donors (Lipinski definition) is 1. The van der Waals surface area contributed by atoms with Crippen LogP contribution in [0.1, 0.15) is 40.2 Å². The molecular formula is C21H25N3O4S. The molecule has 0 bridgehead atoms. The third-order valence-corrected chi connectivity index (χ3v) is 5.76. The SMILES string of the molecule is CCN(CC)C(=O)c1sc(NC(=O)Cc2ccc(OC)c(OC)c2)c(C#N)c1C. The molecule has 8 heteroatoms. The monoisotopic (exact) mass is 415 g/mol. The highest BCUT2D eigenvalue weighted by atomic mass is 32.1. The van der Waals surface area contributed by atoms with E-state index in [1.54, 1.807) is 37.1 Å². The highest BCUT2D eigenvalue weighted by Crippen LogP contribution is 2.34. The number of methoxy groups -OCH3 is 2. The zero-order valence-electron chi connectivity index (χ0n) is 17.3. The number of carbonyl (C=O) groups excluding carboxylic acids is 2. The first-order chi connectivity index (χ1) is 13.9. The molecule has 7 nitrogen and oxygen atoms in total. The standard InChI is InChI=1S/C21H25N3O4S/c1-6-24(7-2)21(26)19-13(3)15(12-22)20(29-19)23-18(25)11-14-8-9-16(27-4)17(10-14)28-5/h8-10H,6-7,11H2,1-5H3,(H,23,25). The minimum Gasteiger partial charge on any atom is -0.493 e. The van der Waals surface area contributed by atoms with Crippen LogP contribution in [-0.2, 0) is 11.2 Å². The molecule has 0 unspecified atom stereocenters. The molecule has 0 aliphatic carbocycles. The predicted octanol–water partition coefficient (Wildman–Crippen LogP) is 3.61. The Bertz CT molecular complexity index is 942. The van der Waals surface area contributed by atoms with E-state index in [2.05, 4.69) is 11.4 Å². The van der Waals surface area contributed by atoms with Crippen molar-refractivity contribution in [2.45, 2.75) is 27.2 Å². The summed E-state index contributed by atoms with van der Waals surface area (Å²) in [6, 6.07) is 7.35. The van der Waals surface area contributed by atoms with E-state index in [1.165, 1.54) is 7.11 Å². The number of rotatable bonds is 8. The van der Waals surface area contributed by atoms with Crippen LogP contribution in [0.5, 0.6) is 11.5 Å². The normalized spacial score (nSPS) is 10.2. The van der Waals surface area contributed by atoms with Gasteiger partial charge < -0.3 is 19.7 Å². The summed E-state index contributed by atoms with van der Waals surface area (Å²) in [5, 5.41) is 12.7. The van der Waals surface area contributed by atoms with Gasteiger partial charge in [-0.05, 0) is 44.0 Å². The molecule has 1 aromatic heterocycles. The van der Waals surface area contributed by atoms with E-state index in [-0.39, 0.29) is 18.2 Å². The van der Waals surface area contributed by atoms with Crippen LogP contribution in [-0.4, -0.2) is 44.0 Å². The molecule has 2 rings (SSSR count). The zero-order chi connectivity index (χ0) is 21.6. The number of thiophene rings is 1. The van der Waals surface area contributed by atoms with Gasteiger partial charge in [-0.1, -0.05) is 6.07 Å². The number of nitrogens with zero attached hydrogens (tertiary/aromatic N) is 2. The Morgan fingerprint density at radius 1 is 1.17 bits per heavy atom. The molecule has 0 aliphatic heterocycles. The lowest BCUT2D eigenvalue weighted by Gasteiger charge is -2.17. The second kappa shape index (κ2) is 9.94. The van der Waals surface area contributed by atoms with Gasteiger partial charge in [0.2, 0.25) is 5.91 Å². The Labute approximate surface area is 174 Å². The Morgan fingerprint density at radius 2 is 1.83 bits per heavy atom. The summed E-state index contributed by atoms with van der Waals surface area (Å²) in [5.41, 5.74) is 1.66. The Hall–Kier alpha value is -3.05. The van der Waals surface area contributed by atoms with Crippen LogP contribution >= 0.6 is 11.3 Å². The Kier molecular flexibility index (Phi) is 7.62. The highest BCUT2D eigenvalue weighted by Gasteiger charge is 2.24. The van der Waals surface area contributed by atoms with Crippen LogP contribution in [0.25, 0.3) is 0 Å². The maximum Gasteiger partial charge on any atom is 0.264 e. The van der Waals surface area contributed by atoms with E-state index in [9.17, 15) is 14.9 Å². The molecule has 1 N–H and O–H groups in total. The Morgan fingerprint density at radius 3 is 2.38 bits per heavy atom. The highest BCUT2D eigenvalue weighted by molar-refractivity contribution is 7.18. The third kappa shape index (κ3) is 4.87. The van der Waals surface area contributed by atoms with Gasteiger partial charge in [-0.15, -0.1) is 11.3 Å². The van der Waals surface area contributed by atoms with Gasteiger partial charge in [0.25, 0.3) is 5.91 Å². The van der Waals surface area contributed by atoms with E-state index < -0.39 is 0 Å². The van der Waals surface area contributed by atoms with Gasteiger partial charge in [-0.2, -0.15) is 5.26 Å². The second-order valence-corrected chi connectivity index (χ2v) is 7.28. The number of anilines is 1. The molecule has 2 amide bonds. The topological polar surface area (TPSA) is 91.7 Å². The van der Waals surface area contributed by atoms with Gasteiger partial charge in [0.15, 0.2) is 11.5 Å². The fourth-order valence-electron chi connectivity index (χ4n) is 2.94. The van der Waals surface area contributed by atoms with E-state index in [0.717, 1.165) is 16.9 Å². The average Bonchev–Trinajstić information content (AvgIpc) is 3.03. The zero-order valence-corrected chi connectivity index (χ0v) is 18.1. The van der Waals surface area contributed by atoms with Crippen molar-refractivity contribution in [2.24, 2.45) is 0 Å². The van der Waals surface area contributed by atoms with Crippen LogP contribution in [0.4, 0.5) is 5.00 Å². The number of hydrogen-bond acceptors (Lipinski definition) is 6. The molecule has 0 fully saturated rings. The number of ether oxygens (including phenoxy) is 2. The van der Waals surface area contributed by atoms with E-state index in [4.69, 9.17) is 9.47 Å². The second-order valence-electron chi connectivity index (χ2n) is 6.26. The molecule has 1 heterocycles. The van der Waals surface area contributed by atoms with Crippen molar-refractivity contribution in [2.75, 3.05) is 32.6 Å². The molecule has 0 saturated carbocycles. The van der Waals surface area contributed by atoms with Crippen molar-refractivity contribution in [1.82, 2.24) is 4.90 Å². The van der Waals surface area contributed by atoms with Gasteiger partial charge in [0.05, 0.1) is 31.1 Å². The van der Waals surface area contributed by atoms with Crippen molar-refractivity contribution >= 4 is 28.2 Å². The van der Waals surface area contributed by atoms with E-state index in [1.807, 2.05) is 13.8 Å². The van der Waals surface area contributed by atoms with Crippen LogP contribution in [0.3, 0.4) is 0 Å². The lowest BCUT2D eigenvalue weighted by atomic mass is 10.1. The summed E-state index contributed by atoms with van der Waals surface area (Å²) in [7, 11) is 3.08. The molecule has 29 heavy (non-hydrogen) atoms. The van der Waals surface area contributed by atoms with E-state index in [0.29, 0.717) is 45.6 Å². The largest absolute Gasteiger partial charge is 0.493 e. The van der Waals surface area contributed by atoms with Crippen molar-refractivity contribution in [1.29, 1.82) is 5.26 Å². The number of benzene rings is 1. The van der Waals surface area contributed by atoms with Gasteiger partial charge in [-0.25, -0.2) is 0 Å². The average molecular weight is 416 g/mol.